The van der Waals surface area contributed by atoms with E-state index in [9.17, 15) is 9.59 Å². The summed E-state index contributed by atoms with van der Waals surface area (Å²) in [5.41, 5.74) is 1.29. The lowest BCUT2D eigenvalue weighted by atomic mass is 10.1. The molecule has 16 heavy (non-hydrogen) atoms. The molecule has 0 N–H and O–H groups in total. The maximum Gasteiger partial charge on any atom is 0.309 e. The molecule has 0 bridgehead atoms. The third-order valence-corrected chi connectivity index (χ3v) is 1.91. The van der Waals surface area contributed by atoms with Gasteiger partial charge in [-0.15, -0.1) is 0 Å². The maximum atomic E-state index is 10.9. The number of aliphatic imine (C=N–C) groups is 1. The van der Waals surface area contributed by atoms with Crippen molar-refractivity contribution in [2.24, 2.45) is 4.99 Å². The smallest absolute Gasteiger partial charge is 0.309 e. The SMILES string of the molecule is COC(=O)CC=Cc1ccccc1N=C=O. The van der Waals surface area contributed by atoms with Crippen LogP contribution in [-0.4, -0.2) is 19.2 Å². The standard InChI is InChI=1S/C12H11NO3/c1-16-12(15)8-4-6-10-5-2-3-7-11(10)13-9-14/h2-7H,8H2,1H3. The third-order valence-electron chi connectivity index (χ3n) is 1.91. The average Bonchev–Trinajstić information content (AvgIpc) is 2.31. The summed E-state index contributed by atoms with van der Waals surface area (Å²) >= 11 is 0. The predicted octanol–water partition coefficient (Wildman–Crippen LogP) is 2.23. The van der Waals surface area contributed by atoms with Gasteiger partial charge in [-0.25, -0.2) is 4.79 Å². The van der Waals surface area contributed by atoms with Gasteiger partial charge in [-0.2, -0.15) is 4.99 Å². The van der Waals surface area contributed by atoms with Crippen LogP contribution in [0.15, 0.2) is 35.3 Å². The minimum Gasteiger partial charge on any atom is -0.469 e. The van der Waals surface area contributed by atoms with E-state index in [0.29, 0.717) is 5.69 Å². The van der Waals surface area contributed by atoms with Crippen LogP contribution >= 0.6 is 0 Å². The van der Waals surface area contributed by atoms with Crippen LogP contribution in [0.5, 0.6) is 0 Å². The van der Waals surface area contributed by atoms with Gasteiger partial charge >= 0.3 is 5.97 Å². The Morgan fingerprint density at radius 3 is 2.94 bits per heavy atom. The zero-order valence-electron chi connectivity index (χ0n) is 8.84. The summed E-state index contributed by atoms with van der Waals surface area (Å²) in [7, 11) is 1.33. The highest BCUT2D eigenvalue weighted by molar-refractivity contribution is 5.74. The number of methoxy groups -OCH3 is 1. The number of hydrogen-bond acceptors (Lipinski definition) is 4. The number of hydrogen-bond donors (Lipinski definition) is 0. The fraction of sp³-hybridized carbons (Fsp3) is 0.167. The second kappa shape index (κ2) is 6.32. The first-order chi connectivity index (χ1) is 7.77. The zero-order valence-corrected chi connectivity index (χ0v) is 8.84. The molecule has 0 aliphatic rings. The second-order valence-corrected chi connectivity index (χ2v) is 2.94. The van der Waals surface area contributed by atoms with Crippen LogP contribution in [0, 0.1) is 0 Å². The van der Waals surface area contributed by atoms with E-state index in [0.717, 1.165) is 5.56 Å². The summed E-state index contributed by atoms with van der Waals surface area (Å²) in [6, 6.07) is 7.09. The molecule has 0 spiro atoms. The van der Waals surface area contributed by atoms with E-state index < -0.39 is 0 Å². The molecule has 0 atom stereocenters. The molecule has 0 aromatic heterocycles. The van der Waals surface area contributed by atoms with Crippen molar-refractivity contribution in [3.63, 3.8) is 0 Å². The Labute approximate surface area is 93.3 Å². The van der Waals surface area contributed by atoms with Gasteiger partial charge in [0, 0.05) is 5.56 Å². The molecule has 4 heteroatoms. The molecule has 1 aromatic rings. The normalized spacial score (nSPS) is 9.81. The van der Waals surface area contributed by atoms with Crippen molar-refractivity contribution in [3.05, 3.63) is 35.9 Å². The average molecular weight is 217 g/mol. The molecule has 1 rings (SSSR count). The quantitative estimate of drug-likeness (QED) is 0.441. The van der Waals surface area contributed by atoms with Gasteiger partial charge in [0.15, 0.2) is 0 Å². The lowest BCUT2D eigenvalue weighted by molar-refractivity contribution is -0.139. The van der Waals surface area contributed by atoms with Crippen molar-refractivity contribution < 1.29 is 14.3 Å². The molecule has 0 saturated carbocycles. The molecule has 0 aliphatic heterocycles. The van der Waals surface area contributed by atoms with Crippen molar-refractivity contribution in [3.8, 4) is 0 Å². The second-order valence-electron chi connectivity index (χ2n) is 2.94. The summed E-state index contributed by atoms with van der Waals surface area (Å²) in [6.45, 7) is 0. The van der Waals surface area contributed by atoms with Crippen LogP contribution in [0.1, 0.15) is 12.0 Å². The largest absolute Gasteiger partial charge is 0.469 e. The molecule has 0 unspecified atom stereocenters. The number of para-hydroxylation sites is 1. The van der Waals surface area contributed by atoms with E-state index >= 15 is 0 Å². The summed E-state index contributed by atoms with van der Waals surface area (Å²) in [4.78, 5) is 24.6. The lowest BCUT2D eigenvalue weighted by Crippen LogP contribution is -1.96. The maximum absolute atomic E-state index is 10.9. The number of carbonyl (C=O) groups is 1. The number of ether oxygens (including phenoxy) is 1. The summed E-state index contributed by atoms with van der Waals surface area (Å²) in [6.07, 6.45) is 5.05. The van der Waals surface area contributed by atoms with Gasteiger partial charge in [0.2, 0.25) is 6.08 Å². The van der Waals surface area contributed by atoms with E-state index in [1.54, 1.807) is 30.4 Å². The van der Waals surface area contributed by atoms with Crippen LogP contribution in [-0.2, 0) is 14.3 Å². The molecule has 0 heterocycles. The highest BCUT2D eigenvalue weighted by Crippen LogP contribution is 2.19. The number of benzene rings is 1. The third kappa shape index (κ3) is 3.52. The van der Waals surface area contributed by atoms with Crippen molar-refractivity contribution in [1.82, 2.24) is 0 Å². The number of isocyanates is 1. The fourth-order valence-electron chi connectivity index (χ4n) is 1.14. The van der Waals surface area contributed by atoms with Gasteiger partial charge in [-0.3, -0.25) is 4.79 Å². The lowest BCUT2D eigenvalue weighted by Gasteiger charge is -1.97. The van der Waals surface area contributed by atoms with Gasteiger partial charge in [0.1, 0.15) is 0 Å². The van der Waals surface area contributed by atoms with Crippen molar-refractivity contribution in [2.45, 2.75) is 6.42 Å². The molecule has 0 saturated heterocycles. The van der Waals surface area contributed by atoms with Crippen LogP contribution in [0.25, 0.3) is 6.08 Å². The molecular formula is C12H11NO3. The molecule has 0 aliphatic carbocycles. The molecule has 0 radical (unpaired) electrons. The highest BCUT2D eigenvalue weighted by Gasteiger charge is 1.97. The highest BCUT2D eigenvalue weighted by atomic mass is 16.5. The first-order valence-electron chi connectivity index (χ1n) is 4.68. The van der Waals surface area contributed by atoms with Crippen LogP contribution in [0.2, 0.25) is 0 Å². The Bertz CT molecular complexity index is 445. The van der Waals surface area contributed by atoms with Crippen molar-refractivity contribution in [2.75, 3.05) is 7.11 Å². The van der Waals surface area contributed by atoms with Crippen LogP contribution in [0.4, 0.5) is 5.69 Å². The Balaban J connectivity index is 2.80. The van der Waals surface area contributed by atoms with Crippen LogP contribution in [0.3, 0.4) is 0 Å². The zero-order chi connectivity index (χ0) is 11.8. The number of carbonyl (C=O) groups excluding carboxylic acids is 2. The summed E-state index contributed by atoms with van der Waals surface area (Å²) in [5, 5.41) is 0. The van der Waals surface area contributed by atoms with Crippen molar-refractivity contribution >= 4 is 23.8 Å². The van der Waals surface area contributed by atoms with Gasteiger partial charge in [-0.1, -0.05) is 30.4 Å². The Hall–Kier alpha value is -2.19. The summed E-state index contributed by atoms with van der Waals surface area (Å²) < 4.78 is 4.49. The Kier molecular flexibility index (Phi) is 4.70. The van der Waals surface area contributed by atoms with E-state index in [-0.39, 0.29) is 12.4 Å². The van der Waals surface area contributed by atoms with Crippen molar-refractivity contribution in [1.29, 1.82) is 0 Å². The first-order valence-corrected chi connectivity index (χ1v) is 4.68. The van der Waals surface area contributed by atoms with E-state index in [4.69, 9.17) is 0 Å². The van der Waals surface area contributed by atoms with Gasteiger partial charge in [0.25, 0.3) is 0 Å². The minimum absolute atomic E-state index is 0.190. The fourth-order valence-corrected chi connectivity index (χ4v) is 1.14. The summed E-state index contributed by atoms with van der Waals surface area (Å²) in [5.74, 6) is -0.312. The molecule has 0 fully saturated rings. The van der Waals surface area contributed by atoms with E-state index in [2.05, 4.69) is 9.73 Å². The number of nitrogens with zero attached hydrogens (tertiary/aromatic N) is 1. The first kappa shape index (κ1) is 11.9. The van der Waals surface area contributed by atoms with E-state index in [1.165, 1.54) is 13.2 Å². The van der Waals surface area contributed by atoms with Gasteiger partial charge in [0.05, 0.1) is 19.2 Å². The predicted molar refractivity (Wildman–Crippen MR) is 59.9 cm³/mol. The number of rotatable bonds is 4. The molecule has 4 nitrogen and oxygen atoms in total. The Morgan fingerprint density at radius 1 is 1.50 bits per heavy atom. The molecule has 1 aromatic carbocycles. The number of esters is 1. The van der Waals surface area contributed by atoms with Crippen LogP contribution < -0.4 is 0 Å². The topological polar surface area (TPSA) is 55.7 Å². The van der Waals surface area contributed by atoms with E-state index in [1.807, 2.05) is 6.07 Å². The minimum atomic E-state index is -0.312. The molecule has 0 amide bonds. The molecular weight excluding hydrogens is 206 g/mol. The Morgan fingerprint density at radius 2 is 2.25 bits per heavy atom. The monoisotopic (exact) mass is 217 g/mol. The van der Waals surface area contributed by atoms with Gasteiger partial charge < -0.3 is 4.74 Å². The molecule has 82 valence electrons. The van der Waals surface area contributed by atoms with Gasteiger partial charge in [-0.05, 0) is 6.07 Å².